The van der Waals surface area contributed by atoms with Crippen molar-refractivity contribution in [2.24, 2.45) is 5.92 Å². The van der Waals surface area contributed by atoms with E-state index in [-0.39, 0.29) is 22.5 Å². The molecule has 4 nitrogen and oxygen atoms in total. The van der Waals surface area contributed by atoms with E-state index in [1.807, 2.05) is 27.7 Å². The fourth-order valence-corrected chi connectivity index (χ4v) is 4.43. The summed E-state index contributed by atoms with van der Waals surface area (Å²) in [6.45, 7) is 8.21. The molecule has 0 bridgehead atoms. The van der Waals surface area contributed by atoms with Crippen molar-refractivity contribution in [2.45, 2.75) is 51.5 Å². The van der Waals surface area contributed by atoms with Gasteiger partial charge in [-0.1, -0.05) is 33.8 Å². The van der Waals surface area contributed by atoms with Gasteiger partial charge < -0.3 is 5.73 Å². The van der Waals surface area contributed by atoms with Gasteiger partial charge in [-0.25, -0.2) is 12.8 Å². The van der Waals surface area contributed by atoms with Crippen LogP contribution >= 0.6 is 0 Å². The third kappa shape index (κ3) is 3.95. The van der Waals surface area contributed by atoms with E-state index in [4.69, 9.17) is 5.73 Å². The molecule has 1 aromatic rings. The maximum atomic E-state index is 13.6. The highest BCUT2D eigenvalue weighted by Crippen LogP contribution is 2.28. The number of hydrogen-bond acceptors (Lipinski definition) is 3. The summed E-state index contributed by atoms with van der Waals surface area (Å²) < 4.78 is 40.8. The molecule has 0 aliphatic carbocycles. The standard InChI is InChI=1S/C15H25FN2O2S/c1-5-12(6-2)18(10-11(3)4)21(19,20)14-9-7-8-13(16)15(14)17/h7-9,11-12H,5-6,10,17H2,1-4H3. The van der Waals surface area contributed by atoms with E-state index in [0.717, 1.165) is 6.07 Å². The highest BCUT2D eigenvalue weighted by atomic mass is 32.2. The summed E-state index contributed by atoms with van der Waals surface area (Å²) in [4.78, 5) is -0.143. The Labute approximate surface area is 127 Å². The first-order chi connectivity index (χ1) is 9.75. The Bertz CT molecular complexity index is 569. The first-order valence-corrected chi connectivity index (χ1v) is 8.75. The zero-order chi connectivity index (χ0) is 16.2. The highest BCUT2D eigenvalue weighted by Gasteiger charge is 2.32. The van der Waals surface area contributed by atoms with Gasteiger partial charge in [-0.2, -0.15) is 4.31 Å². The van der Waals surface area contributed by atoms with Crippen LogP contribution in [0.3, 0.4) is 0 Å². The van der Waals surface area contributed by atoms with Crippen LogP contribution in [0, 0.1) is 11.7 Å². The van der Waals surface area contributed by atoms with Crippen LogP contribution in [0.1, 0.15) is 40.5 Å². The van der Waals surface area contributed by atoms with Gasteiger partial charge in [0.1, 0.15) is 10.7 Å². The van der Waals surface area contributed by atoms with Crippen LogP contribution in [0.4, 0.5) is 10.1 Å². The number of nitrogen functional groups attached to an aromatic ring is 1. The van der Waals surface area contributed by atoms with E-state index in [0.29, 0.717) is 19.4 Å². The van der Waals surface area contributed by atoms with Gasteiger partial charge in [0.25, 0.3) is 0 Å². The van der Waals surface area contributed by atoms with Gasteiger partial charge in [-0.3, -0.25) is 0 Å². The first-order valence-electron chi connectivity index (χ1n) is 7.31. The van der Waals surface area contributed by atoms with Crippen LogP contribution < -0.4 is 5.73 Å². The number of para-hydroxylation sites is 1. The fraction of sp³-hybridized carbons (Fsp3) is 0.600. The molecule has 0 atom stereocenters. The summed E-state index contributed by atoms with van der Waals surface area (Å²) in [7, 11) is -3.80. The van der Waals surface area contributed by atoms with Gasteiger partial charge in [-0.15, -0.1) is 0 Å². The average molecular weight is 316 g/mol. The third-order valence-corrected chi connectivity index (χ3v) is 5.47. The van der Waals surface area contributed by atoms with Gasteiger partial charge in [0.05, 0.1) is 5.69 Å². The van der Waals surface area contributed by atoms with Crippen LogP contribution in [0.5, 0.6) is 0 Å². The van der Waals surface area contributed by atoms with Crippen molar-refractivity contribution in [2.75, 3.05) is 12.3 Å². The first kappa shape index (κ1) is 17.9. The molecule has 21 heavy (non-hydrogen) atoms. The Balaban J connectivity index is 3.36. The van der Waals surface area contributed by atoms with Crippen molar-refractivity contribution in [3.63, 3.8) is 0 Å². The molecule has 0 unspecified atom stereocenters. The van der Waals surface area contributed by atoms with Crippen molar-refractivity contribution in [3.8, 4) is 0 Å². The molecule has 0 saturated heterocycles. The molecule has 0 fully saturated rings. The van der Waals surface area contributed by atoms with Crippen LogP contribution in [-0.2, 0) is 10.0 Å². The lowest BCUT2D eigenvalue weighted by Crippen LogP contribution is -2.42. The lowest BCUT2D eigenvalue weighted by Gasteiger charge is -2.31. The Morgan fingerprint density at radius 3 is 2.29 bits per heavy atom. The highest BCUT2D eigenvalue weighted by molar-refractivity contribution is 7.89. The van der Waals surface area contributed by atoms with Crippen LogP contribution in [0.25, 0.3) is 0 Å². The molecule has 0 aromatic heterocycles. The molecule has 2 N–H and O–H groups in total. The van der Waals surface area contributed by atoms with Crippen LogP contribution in [0.15, 0.2) is 23.1 Å². The van der Waals surface area contributed by atoms with Crippen molar-refractivity contribution < 1.29 is 12.8 Å². The summed E-state index contributed by atoms with van der Waals surface area (Å²) >= 11 is 0. The lowest BCUT2D eigenvalue weighted by atomic mass is 10.1. The summed E-state index contributed by atoms with van der Waals surface area (Å²) in [5.41, 5.74) is 5.33. The number of nitrogens with zero attached hydrogens (tertiary/aromatic N) is 1. The molecule has 0 aliphatic heterocycles. The van der Waals surface area contributed by atoms with Gasteiger partial charge >= 0.3 is 0 Å². The van der Waals surface area contributed by atoms with Gasteiger partial charge in [0.15, 0.2) is 0 Å². The van der Waals surface area contributed by atoms with E-state index in [1.54, 1.807) is 0 Å². The molecule has 0 amide bonds. The molecule has 0 heterocycles. The number of anilines is 1. The Morgan fingerprint density at radius 1 is 1.24 bits per heavy atom. The van der Waals surface area contributed by atoms with E-state index >= 15 is 0 Å². The fourth-order valence-electron chi connectivity index (χ4n) is 2.37. The van der Waals surface area contributed by atoms with E-state index in [9.17, 15) is 12.8 Å². The minimum absolute atomic E-state index is 0.111. The van der Waals surface area contributed by atoms with Gasteiger partial charge in [0.2, 0.25) is 10.0 Å². The molecule has 120 valence electrons. The number of rotatable bonds is 7. The summed E-state index contributed by atoms with van der Waals surface area (Å²) in [5, 5.41) is 0. The van der Waals surface area contributed by atoms with E-state index in [2.05, 4.69) is 0 Å². The zero-order valence-electron chi connectivity index (χ0n) is 13.1. The minimum Gasteiger partial charge on any atom is -0.395 e. The quantitative estimate of drug-likeness (QED) is 0.785. The number of sulfonamides is 1. The summed E-state index contributed by atoms with van der Waals surface area (Å²) in [5.74, 6) is -0.528. The maximum absolute atomic E-state index is 13.6. The van der Waals surface area contributed by atoms with Crippen molar-refractivity contribution in [1.29, 1.82) is 0 Å². The Kier molecular flexibility index (Phi) is 6.16. The second-order valence-corrected chi connectivity index (χ2v) is 7.45. The van der Waals surface area contributed by atoms with Gasteiger partial charge in [0, 0.05) is 12.6 Å². The smallest absolute Gasteiger partial charge is 0.245 e. The Morgan fingerprint density at radius 2 is 1.81 bits per heavy atom. The number of benzene rings is 1. The molecule has 0 radical (unpaired) electrons. The zero-order valence-corrected chi connectivity index (χ0v) is 14.0. The van der Waals surface area contributed by atoms with Crippen molar-refractivity contribution in [3.05, 3.63) is 24.0 Å². The Hall–Kier alpha value is -1.14. The summed E-state index contributed by atoms with van der Waals surface area (Å²) in [6.07, 6.45) is 1.41. The topological polar surface area (TPSA) is 63.4 Å². The van der Waals surface area contributed by atoms with Crippen molar-refractivity contribution >= 4 is 15.7 Å². The molecular weight excluding hydrogens is 291 g/mol. The van der Waals surface area contributed by atoms with Crippen LogP contribution in [0.2, 0.25) is 0 Å². The number of hydrogen-bond donors (Lipinski definition) is 1. The van der Waals surface area contributed by atoms with Crippen molar-refractivity contribution in [1.82, 2.24) is 4.31 Å². The SMILES string of the molecule is CCC(CC)N(CC(C)C)S(=O)(=O)c1cccc(F)c1N. The molecule has 0 aliphatic rings. The third-order valence-electron chi connectivity index (χ3n) is 3.49. The maximum Gasteiger partial charge on any atom is 0.245 e. The normalized spacial score (nSPS) is 12.6. The molecule has 6 heteroatoms. The second-order valence-electron chi connectivity index (χ2n) is 5.59. The predicted molar refractivity (Wildman–Crippen MR) is 83.9 cm³/mol. The summed E-state index contributed by atoms with van der Waals surface area (Å²) in [6, 6.07) is 3.79. The average Bonchev–Trinajstić information content (AvgIpc) is 2.41. The van der Waals surface area contributed by atoms with Gasteiger partial charge in [-0.05, 0) is 30.9 Å². The second kappa shape index (κ2) is 7.22. The number of halogens is 1. The monoisotopic (exact) mass is 316 g/mol. The molecular formula is C15H25FN2O2S. The minimum atomic E-state index is -3.80. The molecule has 0 spiro atoms. The number of nitrogens with two attached hydrogens (primary N) is 1. The predicted octanol–water partition coefficient (Wildman–Crippen LogP) is 3.24. The largest absolute Gasteiger partial charge is 0.395 e. The van der Waals surface area contributed by atoms with E-state index < -0.39 is 15.8 Å². The van der Waals surface area contributed by atoms with Crippen LogP contribution in [-0.4, -0.2) is 25.3 Å². The van der Waals surface area contributed by atoms with E-state index in [1.165, 1.54) is 16.4 Å². The molecule has 1 aromatic carbocycles. The lowest BCUT2D eigenvalue weighted by molar-refractivity contribution is 0.277. The molecule has 1 rings (SSSR count). The molecule has 0 saturated carbocycles.